The van der Waals surface area contributed by atoms with Crippen LogP contribution in [0.25, 0.3) is 11.4 Å². The zero-order valence-corrected chi connectivity index (χ0v) is 22.8. The molecular weight excluding hydrogens is 520 g/mol. The van der Waals surface area contributed by atoms with Gasteiger partial charge in [0.1, 0.15) is 10.8 Å². The average Bonchev–Trinajstić information content (AvgIpc) is 2.95. The fourth-order valence-electron chi connectivity index (χ4n) is 4.14. The van der Waals surface area contributed by atoms with Crippen LogP contribution >= 0.6 is 23.5 Å². The van der Waals surface area contributed by atoms with E-state index < -0.39 is 0 Å². The molecule has 5 rings (SSSR count). The Balaban J connectivity index is 1.49. The van der Waals surface area contributed by atoms with Gasteiger partial charge in [-0.25, -0.2) is 4.98 Å². The van der Waals surface area contributed by atoms with E-state index in [1.165, 1.54) is 11.8 Å². The first kappa shape index (κ1) is 26.0. The molecule has 1 amide bonds. The van der Waals surface area contributed by atoms with Crippen molar-refractivity contribution in [2.45, 2.75) is 29.9 Å². The first-order chi connectivity index (χ1) is 18.5. The highest BCUT2D eigenvalue weighted by molar-refractivity contribution is 8.00. The molecule has 0 radical (unpaired) electrons. The number of rotatable bonds is 8. The standard InChI is InChI=1S/C28H26N4O4S2/c1-16-25-22(18(14-33)13-29-16)12-23-27(36-25)31-26(17-6-4-8-20(10-17)35-2)32-28(23)38-15-24(34)30-19-7-5-9-21(11-19)37-3/h4-11,13,33H,12,14-15H2,1-3H3,(H,30,34). The summed E-state index contributed by atoms with van der Waals surface area (Å²) in [6.07, 6.45) is 4.12. The van der Waals surface area contributed by atoms with Crippen molar-refractivity contribution in [2.24, 2.45) is 0 Å². The lowest BCUT2D eigenvalue weighted by atomic mass is 9.99. The van der Waals surface area contributed by atoms with Crippen molar-refractivity contribution in [1.82, 2.24) is 15.0 Å². The highest BCUT2D eigenvalue weighted by atomic mass is 32.2. The minimum Gasteiger partial charge on any atom is -0.497 e. The van der Waals surface area contributed by atoms with Gasteiger partial charge in [0.25, 0.3) is 0 Å². The number of pyridine rings is 1. The van der Waals surface area contributed by atoms with E-state index in [1.54, 1.807) is 25.1 Å². The van der Waals surface area contributed by atoms with Gasteiger partial charge in [0.2, 0.25) is 11.8 Å². The Bertz CT molecular complexity index is 1510. The molecule has 1 aliphatic heterocycles. The molecule has 0 saturated heterocycles. The molecule has 0 fully saturated rings. The maximum Gasteiger partial charge on any atom is 0.234 e. The van der Waals surface area contributed by atoms with Gasteiger partial charge in [-0.2, -0.15) is 4.98 Å². The molecule has 0 spiro atoms. The molecule has 8 nitrogen and oxygen atoms in total. The first-order valence-corrected chi connectivity index (χ1v) is 14.1. The van der Waals surface area contributed by atoms with Gasteiger partial charge in [-0.3, -0.25) is 9.78 Å². The van der Waals surface area contributed by atoms with Crippen LogP contribution < -0.4 is 14.8 Å². The number of thioether (sulfide) groups is 2. The van der Waals surface area contributed by atoms with Crippen LogP contribution in [0.2, 0.25) is 0 Å². The van der Waals surface area contributed by atoms with Crippen LogP contribution in [0.15, 0.2) is 64.6 Å². The molecule has 2 aromatic carbocycles. The number of aromatic nitrogens is 3. The van der Waals surface area contributed by atoms with Gasteiger partial charge < -0.3 is 19.9 Å². The topological polar surface area (TPSA) is 106 Å². The lowest BCUT2D eigenvalue weighted by Gasteiger charge is -2.24. The van der Waals surface area contributed by atoms with Gasteiger partial charge in [0.05, 0.1) is 30.7 Å². The quantitative estimate of drug-likeness (QED) is 0.193. The highest BCUT2D eigenvalue weighted by Gasteiger charge is 2.28. The minimum atomic E-state index is -0.156. The summed E-state index contributed by atoms with van der Waals surface area (Å²) in [7, 11) is 1.61. The van der Waals surface area contributed by atoms with E-state index in [0.29, 0.717) is 45.9 Å². The second kappa shape index (κ2) is 11.4. The van der Waals surface area contributed by atoms with E-state index in [2.05, 4.69) is 10.3 Å². The molecule has 1 aliphatic rings. The summed E-state index contributed by atoms with van der Waals surface area (Å²) in [6, 6.07) is 15.2. The van der Waals surface area contributed by atoms with E-state index in [1.807, 2.05) is 61.7 Å². The van der Waals surface area contributed by atoms with Crippen molar-refractivity contribution in [3.8, 4) is 28.8 Å². The molecule has 0 unspecified atom stereocenters. The third-order valence-corrected chi connectivity index (χ3v) is 7.82. The predicted octanol–water partition coefficient (Wildman–Crippen LogP) is 5.50. The van der Waals surface area contributed by atoms with E-state index in [9.17, 15) is 9.90 Å². The summed E-state index contributed by atoms with van der Waals surface area (Å²) in [4.78, 5) is 27.9. The number of benzene rings is 2. The molecule has 0 saturated carbocycles. The van der Waals surface area contributed by atoms with Gasteiger partial charge in [-0.05, 0) is 43.5 Å². The molecule has 10 heteroatoms. The fraction of sp³-hybridized carbons (Fsp3) is 0.214. The summed E-state index contributed by atoms with van der Waals surface area (Å²) in [5.74, 6) is 2.17. The zero-order valence-electron chi connectivity index (χ0n) is 21.1. The lowest BCUT2D eigenvalue weighted by molar-refractivity contribution is -0.113. The maximum absolute atomic E-state index is 12.9. The number of carbonyl (C=O) groups is 1. The number of ether oxygens (including phenoxy) is 2. The number of fused-ring (bicyclic) bond motifs is 2. The highest BCUT2D eigenvalue weighted by Crippen LogP contribution is 2.42. The molecule has 0 atom stereocenters. The number of aliphatic hydroxyl groups is 1. The zero-order chi connectivity index (χ0) is 26.6. The minimum absolute atomic E-state index is 0.142. The molecule has 4 aromatic rings. The number of nitrogens with zero attached hydrogens (tertiary/aromatic N) is 3. The molecule has 2 aromatic heterocycles. The van der Waals surface area contributed by atoms with Gasteiger partial charge in [-0.1, -0.05) is 30.0 Å². The van der Waals surface area contributed by atoms with Crippen molar-refractivity contribution in [3.05, 3.63) is 77.1 Å². The molecular formula is C28H26N4O4S2. The smallest absolute Gasteiger partial charge is 0.234 e. The number of aryl methyl sites for hydroxylation is 1. The Morgan fingerprint density at radius 3 is 2.79 bits per heavy atom. The molecule has 2 N–H and O–H groups in total. The number of methoxy groups -OCH3 is 1. The monoisotopic (exact) mass is 546 g/mol. The second-order valence-electron chi connectivity index (χ2n) is 8.55. The fourth-order valence-corrected chi connectivity index (χ4v) is 5.42. The van der Waals surface area contributed by atoms with Crippen LogP contribution in [-0.4, -0.2) is 45.1 Å². The predicted molar refractivity (Wildman–Crippen MR) is 149 cm³/mol. The summed E-state index contributed by atoms with van der Waals surface area (Å²) in [5.41, 5.74) is 4.54. The normalized spacial score (nSPS) is 11.8. The van der Waals surface area contributed by atoms with Gasteiger partial charge in [0, 0.05) is 39.9 Å². The van der Waals surface area contributed by atoms with Gasteiger partial charge in [0.15, 0.2) is 11.6 Å². The van der Waals surface area contributed by atoms with Crippen LogP contribution in [0, 0.1) is 6.92 Å². The molecule has 3 heterocycles. The number of anilines is 1. The van der Waals surface area contributed by atoms with Crippen molar-refractivity contribution in [1.29, 1.82) is 0 Å². The van der Waals surface area contributed by atoms with Crippen LogP contribution in [0.5, 0.6) is 17.4 Å². The van der Waals surface area contributed by atoms with E-state index in [4.69, 9.17) is 19.4 Å². The SMILES string of the molecule is COc1cccc(-c2nc3c(c(SCC(=O)Nc4cccc(SC)c4)n2)Cc2c(CO)cnc(C)c2O3)c1. The van der Waals surface area contributed by atoms with Crippen molar-refractivity contribution < 1.29 is 19.4 Å². The van der Waals surface area contributed by atoms with E-state index in [-0.39, 0.29) is 18.3 Å². The van der Waals surface area contributed by atoms with Crippen LogP contribution in [0.4, 0.5) is 5.69 Å². The summed E-state index contributed by atoms with van der Waals surface area (Å²) in [5, 5.41) is 13.5. The Hall–Kier alpha value is -3.60. The summed E-state index contributed by atoms with van der Waals surface area (Å²) < 4.78 is 11.6. The second-order valence-corrected chi connectivity index (χ2v) is 10.4. The van der Waals surface area contributed by atoms with Crippen LogP contribution in [0.3, 0.4) is 0 Å². The molecule has 0 bridgehead atoms. The van der Waals surface area contributed by atoms with Crippen LogP contribution in [0.1, 0.15) is 22.4 Å². The van der Waals surface area contributed by atoms with E-state index in [0.717, 1.165) is 27.3 Å². The third-order valence-electron chi connectivity index (χ3n) is 6.08. The summed E-state index contributed by atoms with van der Waals surface area (Å²) >= 11 is 2.94. The van der Waals surface area contributed by atoms with Gasteiger partial charge >= 0.3 is 0 Å². The number of hydrogen-bond acceptors (Lipinski definition) is 9. The number of aliphatic hydroxyl groups excluding tert-OH is 1. The number of hydrogen-bond donors (Lipinski definition) is 2. The molecule has 38 heavy (non-hydrogen) atoms. The Kier molecular flexibility index (Phi) is 7.82. The average molecular weight is 547 g/mol. The lowest BCUT2D eigenvalue weighted by Crippen LogP contribution is -2.16. The van der Waals surface area contributed by atoms with Crippen molar-refractivity contribution in [3.63, 3.8) is 0 Å². The first-order valence-electron chi connectivity index (χ1n) is 11.9. The molecule has 194 valence electrons. The van der Waals surface area contributed by atoms with E-state index >= 15 is 0 Å². The van der Waals surface area contributed by atoms with Crippen LogP contribution in [-0.2, 0) is 17.8 Å². The van der Waals surface area contributed by atoms with Gasteiger partial charge in [-0.15, -0.1) is 11.8 Å². The number of amides is 1. The number of nitrogens with one attached hydrogen (secondary N) is 1. The van der Waals surface area contributed by atoms with Crippen molar-refractivity contribution in [2.75, 3.05) is 24.4 Å². The Morgan fingerprint density at radius 1 is 1.16 bits per heavy atom. The molecule has 0 aliphatic carbocycles. The summed E-state index contributed by atoms with van der Waals surface area (Å²) in [6.45, 7) is 1.71. The van der Waals surface area contributed by atoms with Crippen molar-refractivity contribution >= 4 is 35.1 Å². The number of carbonyl (C=O) groups excluding carboxylic acids is 1. The Morgan fingerprint density at radius 2 is 2.00 bits per heavy atom. The maximum atomic E-state index is 12.9. The third kappa shape index (κ3) is 5.47. The Labute approximate surface area is 229 Å². The largest absolute Gasteiger partial charge is 0.497 e.